The number of aromatic hydroxyl groups is 1. The van der Waals surface area contributed by atoms with E-state index < -0.39 is 19.0 Å². The lowest BCUT2D eigenvalue weighted by atomic mass is 9.95. The van der Waals surface area contributed by atoms with Gasteiger partial charge in [0.15, 0.2) is 6.17 Å². The predicted molar refractivity (Wildman–Crippen MR) is 72.4 cm³/mol. The van der Waals surface area contributed by atoms with Gasteiger partial charge in [0.2, 0.25) is 0 Å². The topological polar surface area (TPSA) is 33.1 Å². The molecule has 2 aromatic rings. The van der Waals surface area contributed by atoms with E-state index in [0.29, 0.717) is 27.7 Å². The van der Waals surface area contributed by atoms with Crippen molar-refractivity contribution in [3.63, 3.8) is 0 Å². The SMILES string of the molecule is Cc1nc2cccc(O)c2c(CC(F)C(F)CF)c1C. The summed E-state index contributed by atoms with van der Waals surface area (Å²) in [6.45, 7) is 2.14. The van der Waals surface area contributed by atoms with Gasteiger partial charge in [-0.15, -0.1) is 0 Å². The Morgan fingerprint density at radius 3 is 2.55 bits per heavy atom. The molecule has 0 saturated carbocycles. The van der Waals surface area contributed by atoms with Crippen LogP contribution < -0.4 is 0 Å². The minimum atomic E-state index is -2.15. The Morgan fingerprint density at radius 2 is 1.90 bits per heavy atom. The molecule has 2 unspecified atom stereocenters. The van der Waals surface area contributed by atoms with Crippen molar-refractivity contribution < 1.29 is 18.3 Å². The Balaban J connectivity index is 2.58. The number of phenols is 1. The van der Waals surface area contributed by atoms with Crippen LogP contribution in [0.3, 0.4) is 0 Å². The highest BCUT2D eigenvalue weighted by Crippen LogP contribution is 2.32. The molecule has 2 nitrogen and oxygen atoms in total. The van der Waals surface area contributed by atoms with E-state index in [1.807, 2.05) is 0 Å². The highest BCUT2D eigenvalue weighted by Gasteiger charge is 2.24. The van der Waals surface area contributed by atoms with Crippen LogP contribution in [-0.4, -0.2) is 29.1 Å². The second-order valence-electron chi connectivity index (χ2n) is 4.86. The highest BCUT2D eigenvalue weighted by molar-refractivity contribution is 5.89. The van der Waals surface area contributed by atoms with Gasteiger partial charge >= 0.3 is 0 Å². The van der Waals surface area contributed by atoms with Crippen LogP contribution in [0.5, 0.6) is 5.75 Å². The molecular weight excluding hydrogens is 267 g/mol. The Morgan fingerprint density at radius 1 is 1.20 bits per heavy atom. The number of hydrogen-bond acceptors (Lipinski definition) is 2. The number of benzene rings is 1. The first-order valence-corrected chi connectivity index (χ1v) is 6.37. The Hall–Kier alpha value is -1.78. The fourth-order valence-corrected chi connectivity index (χ4v) is 2.28. The molecule has 1 heterocycles. The molecule has 20 heavy (non-hydrogen) atoms. The fraction of sp³-hybridized carbons (Fsp3) is 0.400. The third-order valence-corrected chi connectivity index (χ3v) is 3.54. The number of rotatable bonds is 4. The van der Waals surface area contributed by atoms with Crippen molar-refractivity contribution in [3.05, 3.63) is 35.0 Å². The molecule has 5 heteroatoms. The number of pyridine rings is 1. The lowest BCUT2D eigenvalue weighted by molar-refractivity contribution is 0.137. The van der Waals surface area contributed by atoms with Crippen molar-refractivity contribution in [1.29, 1.82) is 0 Å². The smallest absolute Gasteiger partial charge is 0.160 e. The molecule has 0 aliphatic carbocycles. The van der Waals surface area contributed by atoms with E-state index in [2.05, 4.69) is 4.98 Å². The molecule has 0 amide bonds. The second-order valence-corrected chi connectivity index (χ2v) is 4.86. The summed E-state index contributed by atoms with van der Waals surface area (Å²) >= 11 is 0. The molecule has 1 aromatic heterocycles. The monoisotopic (exact) mass is 283 g/mol. The maximum Gasteiger partial charge on any atom is 0.160 e. The van der Waals surface area contributed by atoms with E-state index in [-0.39, 0.29) is 12.2 Å². The first kappa shape index (κ1) is 14.6. The van der Waals surface area contributed by atoms with Crippen LogP contribution in [0.1, 0.15) is 16.8 Å². The number of halogens is 3. The molecule has 0 spiro atoms. The van der Waals surface area contributed by atoms with Crippen molar-refractivity contribution in [2.75, 3.05) is 6.67 Å². The number of aryl methyl sites for hydroxylation is 1. The van der Waals surface area contributed by atoms with E-state index in [1.165, 1.54) is 6.07 Å². The van der Waals surface area contributed by atoms with Crippen molar-refractivity contribution in [2.24, 2.45) is 0 Å². The summed E-state index contributed by atoms with van der Waals surface area (Å²) in [6, 6.07) is 4.80. The summed E-state index contributed by atoms with van der Waals surface area (Å²) in [5.74, 6) is -0.0315. The molecule has 0 aliphatic rings. The summed E-state index contributed by atoms with van der Waals surface area (Å²) in [6.07, 6.45) is -4.37. The van der Waals surface area contributed by atoms with Crippen LogP contribution in [0.4, 0.5) is 13.2 Å². The van der Waals surface area contributed by atoms with E-state index in [0.717, 1.165) is 0 Å². The molecular formula is C15H16F3NO. The molecule has 108 valence electrons. The summed E-state index contributed by atoms with van der Waals surface area (Å²) in [7, 11) is 0. The number of alkyl halides is 3. The normalized spacial score (nSPS) is 14.4. The highest BCUT2D eigenvalue weighted by atomic mass is 19.2. The first-order chi connectivity index (χ1) is 9.45. The molecule has 0 aliphatic heterocycles. The van der Waals surface area contributed by atoms with E-state index in [4.69, 9.17) is 0 Å². The summed E-state index contributed by atoms with van der Waals surface area (Å²) in [5, 5.41) is 10.4. The van der Waals surface area contributed by atoms with Crippen molar-refractivity contribution in [3.8, 4) is 5.75 Å². The standard InChI is InChI=1S/C15H16F3NO/c1-8-9(2)19-13-4-3-5-14(20)15(13)10(8)6-11(17)12(18)7-16/h3-5,11-12,20H,6-7H2,1-2H3. The van der Waals surface area contributed by atoms with Crippen LogP contribution in [-0.2, 0) is 6.42 Å². The van der Waals surface area contributed by atoms with Gasteiger partial charge in [0.05, 0.1) is 5.52 Å². The van der Waals surface area contributed by atoms with Crippen molar-refractivity contribution >= 4 is 10.9 Å². The van der Waals surface area contributed by atoms with Crippen LogP contribution in [0.2, 0.25) is 0 Å². The fourth-order valence-electron chi connectivity index (χ4n) is 2.28. The average molecular weight is 283 g/mol. The van der Waals surface area contributed by atoms with E-state index in [9.17, 15) is 18.3 Å². The van der Waals surface area contributed by atoms with E-state index in [1.54, 1.807) is 26.0 Å². The van der Waals surface area contributed by atoms with Gasteiger partial charge in [0.25, 0.3) is 0 Å². The number of phenolic OH excluding ortho intramolecular Hbond substituents is 1. The summed E-state index contributed by atoms with van der Waals surface area (Å²) in [4.78, 5) is 4.32. The molecule has 0 bridgehead atoms. The van der Waals surface area contributed by atoms with Gasteiger partial charge in [-0.2, -0.15) is 0 Å². The third kappa shape index (κ3) is 2.57. The number of fused-ring (bicyclic) bond motifs is 1. The van der Waals surface area contributed by atoms with Gasteiger partial charge < -0.3 is 5.11 Å². The molecule has 2 atom stereocenters. The zero-order chi connectivity index (χ0) is 14.9. The average Bonchev–Trinajstić information content (AvgIpc) is 2.42. The third-order valence-electron chi connectivity index (χ3n) is 3.54. The predicted octanol–water partition coefficient (Wildman–Crippen LogP) is 3.75. The van der Waals surface area contributed by atoms with Gasteiger partial charge in [-0.25, -0.2) is 13.2 Å². The van der Waals surface area contributed by atoms with Crippen LogP contribution in [0, 0.1) is 13.8 Å². The lowest BCUT2D eigenvalue weighted by Gasteiger charge is -2.16. The first-order valence-electron chi connectivity index (χ1n) is 6.37. The van der Waals surface area contributed by atoms with Gasteiger partial charge in [-0.3, -0.25) is 4.98 Å². The van der Waals surface area contributed by atoms with Crippen LogP contribution in [0.25, 0.3) is 10.9 Å². The van der Waals surface area contributed by atoms with Crippen LogP contribution in [0.15, 0.2) is 18.2 Å². The minimum Gasteiger partial charge on any atom is -0.507 e. The molecule has 0 fully saturated rings. The molecule has 0 radical (unpaired) electrons. The summed E-state index contributed by atoms with van der Waals surface area (Å²) in [5.41, 5.74) is 2.37. The van der Waals surface area contributed by atoms with Crippen molar-refractivity contribution in [1.82, 2.24) is 4.98 Å². The van der Waals surface area contributed by atoms with E-state index >= 15 is 0 Å². The Bertz CT molecular complexity index is 630. The molecule has 2 rings (SSSR count). The maximum atomic E-state index is 13.7. The molecule has 1 N–H and O–H groups in total. The quantitative estimate of drug-likeness (QED) is 0.927. The minimum absolute atomic E-state index is 0.0315. The zero-order valence-electron chi connectivity index (χ0n) is 11.3. The summed E-state index contributed by atoms with van der Waals surface area (Å²) < 4.78 is 39.1. The Labute approximate surface area is 115 Å². The second kappa shape index (κ2) is 5.69. The van der Waals surface area contributed by atoms with Gasteiger partial charge in [0, 0.05) is 17.5 Å². The van der Waals surface area contributed by atoms with Gasteiger partial charge in [-0.05, 0) is 37.1 Å². The van der Waals surface area contributed by atoms with Crippen LogP contribution >= 0.6 is 0 Å². The van der Waals surface area contributed by atoms with Gasteiger partial charge in [0.1, 0.15) is 18.6 Å². The molecule has 1 aromatic carbocycles. The maximum absolute atomic E-state index is 13.7. The van der Waals surface area contributed by atoms with Crippen molar-refractivity contribution in [2.45, 2.75) is 32.6 Å². The number of hydrogen-bond donors (Lipinski definition) is 1. The lowest BCUT2D eigenvalue weighted by Crippen LogP contribution is -2.22. The molecule has 0 saturated heterocycles. The zero-order valence-corrected chi connectivity index (χ0v) is 11.3. The largest absolute Gasteiger partial charge is 0.507 e. The van der Waals surface area contributed by atoms with Gasteiger partial charge in [-0.1, -0.05) is 6.07 Å². The number of nitrogens with zero attached hydrogens (tertiary/aromatic N) is 1. The Kier molecular flexibility index (Phi) is 4.16. The number of aromatic nitrogens is 1.